The molecule has 1 amide bonds. The minimum atomic E-state index is -3.41. The number of hydrogen-bond donors (Lipinski definition) is 1. The Hall–Kier alpha value is -1.79. The molecule has 0 spiro atoms. The summed E-state index contributed by atoms with van der Waals surface area (Å²) >= 11 is 1.74. The van der Waals surface area contributed by atoms with Crippen LogP contribution in [0.25, 0.3) is 0 Å². The number of carbonyl (C=O) groups is 1. The van der Waals surface area contributed by atoms with Crippen LogP contribution in [-0.4, -0.2) is 32.4 Å². The zero-order valence-corrected chi connectivity index (χ0v) is 15.9. The summed E-state index contributed by atoms with van der Waals surface area (Å²) in [7, 11) is -3.41. The maximum Gasteiger partial charge on any atom is 0.221 e. The zero-order valence-electron chi connectivity index (χ0n) is 14.3. The Morgan fingerprint density at radius 2 is 1.72 bits per heavy atom. The summed E-state index contributed by atoms with van der Waals surface area (Å²) in [6.07, 6.45) is 0.831. The highest BCUT2D eigenvalue weighted by atomic mass is 32.2. The van der Waals surface area contributed by atoms with Crippen LogP contribution < -0.4 is 5.32 Å². The highest BCUT2D eigenvalue weighted by Gasteiger charge is 2.16. The van der Waals surface area contributed by atoms with E-state index in [1.807, 2.05) is 25.1 Å². The van der Waals surface area contributed by atoms with Crippen LogP contribution in [0.3, 0.4) is 0 Å². The second-order valence-corrected chi connectivity index (χ2v) is 9.02. The van der Waals surface area contributed by atoms with Crippen LogP contribution in [0.5, 0.6) is 0 Å². The molecule has 0 saturated carbocycles. The minimum Gasteiger partial charge on any atom is -0.356 e. The fraction of sp³-hybridized carbons (Fsp3) is 0.316. The van der Waals surface area contributed by atoms with Crippen LogP contribution in [0, 0.1) is 6.92 Å². The van der Waals surface area contributed by atoms with E-state index in [2.05, 4.69) is 17.4 Å². The van der Waals surface area contributed by atoms with Gasteiger partial charge in [-0.2, -0.15) is 0 Å². The molecule has 0 atom stereocenters. The summed E-state index contributed by atoms with van der Waals surface area (Å²) in [5.74, 6) is 0.521. The molecule has 2 aromatic rings. The summed E-state index contributed by atoms with van der Waals surface area (Å²) in [6, 6.07) is 16.8. The molecule has 0 aliphatic carbocycles. The van der Waals surface area contributed by atoms with Gasteiger partial charge in [0.05, 0.1) is 10.6 Å². The van der Waals surface area contributed by atoms with E-state index in [-0.39, 0.29) is 23.0 Å². The third-order valence-corrected chi connectivity index (χ3v) is 6.46. The molecule has 0 unspecified atom stereocenters. The maximum absolute atomic E-state index is 12.2. The van der Waals surface area contributed by atoms with Crippen molar-refractivity contribution in [2.45, 2.75) is 29.6 Å². The Morgan fingerprint density at radius 1 is 1.04 bits per heavy atom. The van der Waals surface area contributed by atoms with E-state index < -0.39 is 9.84 Å². The van der Waals surface area contributed by atoms with E-state index in [9.17, 15) is 13.2 Å². The third-order valence-electron chi connectivity index (χ3n) is 3.63. The maximum atomic E-state index is 12.2. The summed E-state index contributed by atoms with van der Waals surface area (Å²) < 4.78 is 24.4. The molecule has 25 heavy (non-hydrogen) atoms. The van der Waals surface area contributed by atoms with Crippen LogP contribution in [0.15, 0.2) is 64.4 Å². The van der Waals surface area contributed by atoms with Crippen molar-refractivity contribution in [1.82, 2.24) is 5.32 Å². The molecule has 0 aromatic heterocycles. The van der Waals surface area contributed by atoms with Gasteiger partial charge in [0, 0.05) is 17.9 Å². The molecule has 0 bridgehead atoms. The number of sulfone groups is 1. The lowest BCUT2D eigenvalue weighted by molar-refractivity contribution is -0.120. The smallest absolute Gasteiger partial charge is 0.221 e. The standard InChI is InChI=1S/C19H23NO3S2/c1-16-8-10-18(11-9-16)25(22,23)15-12-19(21)20-13-5-14-24-17-6-3-2-4-7-17/h2-4,6-11H,5,12-15H2,1H3,(H,20,21). The van der Waals surface area contributed by atoms with Crippen molar-refractivity contribution in [2.24, 2.45) is 0 Å². The molecule has 6 heteroatoms. The Labute approximate surface area is 154 Å². The number of amides is 1. The number of benzene rings is 2. The molecule has 0 heterocycles. The Morgan fingerprint density at radius 3 is 2.40 bits per heavy atom. The molecular weight excluding hydrogens is 354 g/mol. The number of rotatable bonds is 9. The summed E-state index contributed by atoms with van der Waals surface area (Å²) in [5.41, 5.74) is 1.00. The van der Waals surface area contributed by atoms with E-state index in [1.54, 1.807) is 36.0 Å². The normalized spacial score (nSPS) is 11.2. The van der Waals surface area contributed by atoms with Crippen LogP contribution in [-0.2, 0) is 14.6 Å². The van der Waals surface area contributed by atoms with E-state index in [0.29, 0.717) is 6.54 Å². The van der Waals surface area contributed by atoms with Crippen LogP contribution in [0.1, 0.15) is 18.4 Å². The highest BCUT2D eigenvalue weighted by molar-refractivity contribution is 7.99. The summed E-state index contributed by atoms with van der Waals surface area (Å²) in [6.45, 7) is 2.46. The Kier molecular flexibility index (Phi) is 7.52. The van der Waals surface area contributed by atoms with Crippen LogP contribution in [0.4, 0.5) is 0 Å². The van der Waals surface area contributed by atoms with Gasteiger partial charge in [-0.15, -0.1) is 11.8 Å². The number of aryl methyl sites for hydroxylation is 1. The van der Waals surface area contributed by atoms with Crippen molar-refractivity contribution in [3.8, 4) is 0 Å². The molecule has 4 nitrogen and oxygen atoms in total. The molecule has 1 N–H and O–H groups in total. The number of nitrogens with one attached hydrogen (secondary N) is 1. The fourth-order valence-electron chi connectivity index (χ4n) is 2.19. The third kappa shape index (κ3) is 6.92. The van der Waals surface area contributed by atoms with E-state index in [4.69, 9.17) is 0 Å². The number of thioether (sulfide) groups is 1. The van der Waals surface area contributed by atoms with Crippen molar-refractivity contribution in [3.63, 3.8) is 0 Å². The lowest BCUT2D eigenvalue weighted by Gasteiger charge is -2.07. The average molecular weight is 378 g/mol. The minimum absolute atomic E-state index is 0.0119. The van der Waals surface area contributed by atoms with Crippen molar-refractivity contribution in [1.29, 1.82) is 0 Å². The van der Waals surface area contributed by atoms with Crippen molar-refractivity contribution in [2.75, 3.05) is 18.1 Å². The van der Waals surface area contributed by atoms with Gasteiger partial charge in [0.2, 0.25) is 5.91 Å². The van der Waals surface area contributed by atoms with Gasteiger partial charge >= 0.3 is 0 Å². The molecule has 0 saturated heterocycles. The van der Waals surface area contributed by atoms with Gasteiger partial charge in [-0.05, 0) is 43.4 Å². The molecule has 0 fully saturated rings. The quantitative estimate of drug-likeness (QED) is 0.537. The Bertz CT molecular complexity index is 772. The summed E-state index contributed by atoms with van der Waals surface area (Å²) in [4.78, 5) is 13.3. The number of carbonyl (C=O) groups excluding carboxylic acids is 1. The van der Waals surface area contributed by atoms with Gasteiger partial charge in [0.25, 0.3) is 0 Å². The van der Waals surface area contributed by atoms with Gasteiger partial charge in [-0.3, -0.25) is 4.79 Å². The lowest BCUT2D eigenvalue weighted by Crippen LogP contribution is -2.26. The molecule has 0 aliphatic rings. The lowest BCUT2D eigenvalue weighted by atomic mass is 10.2. The van der Waals surface area contributed by atoms with Gasteiger partial charge in [0.1, 0.15) is 0 Å². The first kappa shape index (κ1) is 19.5. The van der Waals surface area contributed by atoms with Gasteiger partial charge in [-0.1, -0.05) is 35.9 Å². The first-order chi connectivity index (χ1) is 12.0. The SMILES string of the molecule is Cc1ccc(S(=O)(=O)CCC(=O)NCCCSc2ccccc2)cc1. The number of hydrogen-bond acceptors (Lipinski definition) is 4. The first-order valence-corrected chi connectivity index (χ1v) is 10.9. The van der Waals surface area contributed by atoms with Crippen molar-refractivity contribution < 1.29 is 13.2 Å². The molecule has 2 aromatic carbocycles. The monoisotopic (exact) mass is 377 g/mol. The first-order valence-electron chi connectivity index (χ1n) is 8.21. The largest absolute Gasteiger partial charge is 0.356 e. The molecular formula is C19H23NO3S2. The van der Waals surface area contributed by atoms with Gasteiger partial charge in [-0.25, -0.2) is 8.42 Å². The van der Waals surface area contributed by atoms with Gasteiger partial charge < -0.3 is 5.32 Å². The topological polar surface area (TPSA) is 63.2 Å². The molecule has 0 aliphatic heterocycles. The second kappa shape index (κ2) is 9.63. The van der Waals surface area contributed by atoms with Crippen molar-refractivity contribution in [3.05, 3.63) is 60.2 Å². The highest BCUT2D eigenvalue weighted by Crippen LogP contribution is 2.17. The van der Waals surface area contributed by atoms with Crippen LogP contribution >= 0.6 is 11.8 Å². The average Bonchev–Trinajstić information content (AvgIpc) is 2.61. The predicted molar refractivity (Wildman–Crippen MR) is 103 cm³/mol. The van der Waals surface area contributed by atoms with Gasteiger partial charge in [0.15, 0.2) is 9.84 Å². The Balaban J connectivity index is 1.65. The molecule has 134 valence electrons. The van der Waals surface area contributed by atoms with Crippen molar-refractivity contribution >= 4 is 27.5 Å². The molecule has 0 radical (unpaired) electrons. The predicted octanol–water partition coefficient (Wildman–Crippen LogP) is 3.46. The van der Waals surface area contributed by atoms with E-state index in [0.717, 1.165) is 17.7 Å². The van der Waals surface area contributed by atoms with E-state index >= 15 is 0 Å². The zero-order chi connectivity index (χ0) is 18.1. The van der Waals surface area contributed by atoms with Crippen LogP contribution in [0.2, 0.25) is 0 Å². The molecule has 2 rings (SSSR count). The second-order valence-electron chi connectivity index (χ2n) is 5.75. The van der Waals surface area contributed by atoms with E-state index in [1.165, 1.54) is 4.90 Å². The summed E-state index contributed by atoms with van der Waals surface area (Å²) in [5, 5.41) is 2.79. The fourth-order valence-corrected chi connectivity index (χ4v) is 4.30.